The van der Waals surface area contributed by atoms with Crippen LogP contribution in [0.15, 0.2) is 11.6 Å². The van der Waals surface area contributed by atoms with Crippen LogP contribution in [0.4, 0.5) is 0 Å². The van der Waals surface area contributed by atoms with Crippen molar-refractivity contribution in [3.05, 3.63) is 11.6 Å². The van der Waals surface area contributed by atoms with E-state index in [1.165, 1.54) is 0 Å². The standard InChI is InChI=1S/C11H16O2/c1-8-7-11(2,3)9(10(8)13)5-4-6-12/h6-7,9H,4-5H2,1-3H3/t9-/m1/s1. The molecule has 13 heavy (non-hydrogen) atoms. The number of hydrogen-bond donors (Lipinski definition) is 0. The number of ketones is 1. The van der Waals surface area contributed by atoms with Crippen molar-refractivity contribution in [2.24, 2.45) is 11.3 Å². The molecule has 0 fully saturated rings. The van der Waals surface area contributed by atoms with E-state index in [1.807, 2.05) is 13.0 Å². The van der Waals surface area contributed by atoms with E-state index >= 15 is 0 Å². The van der Waals surface area contributed by atoms with Crippen molar-refractivity contribution >= 4 is 12.1 Å². The Hall–Kier alpha value is -0.920. The quantitative estimate of drug-likeness (QED) is 0.623. The number of aldehydes is 1. The van der Waals surface area contributed by atoms with Gasteiger partial charge in [-0.05, 0) is 24.3 Å². The average Bonchev–Trinajstić information content (AvgIpc) is 2.20. The van der Waals surface area contributed by atoms with E-state index in [-0.39, 0.29) is 17.1 Å². The molecule has 0 saturated heterocycles. The molecule has 2 heteroatoms. The van der Waals surface area contributed by atoms with Crippen LogP contribution in [0.3, 0.4) is 0 Å². The first-order chi connectivity index (χ1) is 5.99. The zero-order valence-electron chi connectivity index (χ0n) is 8.46. The molecular weight excluding hydrogens is 164 g/mol. The van der Waals surface area contributed by atoms with Crippen LogP contribution in [-0.2, 0) is 9.59 Å². The molecule has 0 unspecified atom stereocenters. The third-order valence-electron chi connectivity index (χ3n) is 2.76. The second kappa shape index (κ2) is 3.44. The fraction of sp³-hybridized carbons (Fsp3) is 0.636. The van der Waals surface area contributed by atoms with Gasteiger partial charge in [-0.3, -0.25) is 4.79 Å². The largest absolute Gasteiger partial charge is 0.303 e. The summed E-state index contributed by atoms with van der Waals surface area (Å²) in [4.78, 5) is 21.9. The smallest absolute Gasteiger partial charge is 0.162 e. The van der Waals surface area contributed by atoms with E-state index in [1.54, 1.807) is 0 Å². The molecule has 1 aliphatic carbocycles. The van der Waals surface area contributed by atoms with Crippen LogP contribution < -0.4 is 0 Å². The molecule has 0 saturated carbocycles. The average molecular weight is 180 g/mol. The third-order valence-corrected chi connectivity index (χ3v) is 2.76. The summed E-state index contributed by atoms with van der Waals surface area (Å²) in [5.74, 6) is 0.226. The zero-order valence-corrected chi connectivity index (χ0v) is 8.46. The highest BCUT2D eigenvalue weighted by atomic mass is 16.1. The Labute approximate surface area is 79.0 Å². The minimum atomic E-state index is -0.0653. The molecule has 0 aromatic heterocycles. The van der Waals surface area contributed by atoms with Crippen molar-refractivity contribution in [3.63, 3.8) is 0 Å². The monoisotopic (exact) mass is 180 g/mol. The number of allylic oxidation sites excluding steroid dienone is 2. The maximum Gasteiger partial charge on any atom is 0.162 e. The highest BCUT2D eigenvalue weighted by Crippen LogP contribution is 2.40. The van der Waals surface area contributed by atoms with Crippen molar-refractivity contribution in [2.45, 2.75) is 33.6 Å². The van der Waals surface area contributed by atoms with Crippen molar-refractivity contribution in [3.8, 4) is 0 Å². The predicted molar refractivity (Wildman–Crippen MR) is 51.3 cm³/mol. The van der Waals surface area contributed by atoms with Gasteiger partial charge in [0.05, 0.1) is 0 Å². The van der Waals surface area contributed by atoms with Gasteiger partial charge in [0, 0.05) is 12.3 Å². The number of carbonyl (C=O) groups is 2. The SMILES string of the molecule is CC1=CC(C)(C)[C@H](CCC=O)C1=O. The number of hydrogen-bond acceptors (Lipinski definition) is 2. The Morgan fingerprint density at radius 3 is 2.54 bits per heavy atom. The van der Waals surface area contributed by atoms with Gasteiger partial charge in [-0.25, -0.2) is 0 Å². The van der Waals surface area contributed by atoms with Crippen molar-refractivity contribution in [2.75, 3.05) is 0 Å². The van der Waals surface area contributed by atoms with Crippen LogP contribution >= 0.6 is 0 Å². The summed E-state index contributed by atoms with van der Waals surface area (Å²) in [6.45, 7) is 5.96. The molecule has 1 rings (SSSR count). The lowest BCUT2D eigenvalue weighted by Crippen LogP contribution is -2.23. The molecule has 1 atom stereocenters. The number of rotatable bonds is 3. The van der Waals surface area contributed by atoms with Crippen LogP contribution in [0.2, 0.25) is 0 Å². The number of carbonyl (C=O) groups excluding carboxylic acids is 2. The van der Waals surface area contributed by atoms with E-state index in [2.05, 4.69) is 13.8 Å². The molecule has 0 bridgehead atoms. The summed E-state index contributed by atoms with van der Waals surface area (Å²) in [5, 5.41) is 0. The molecular formula is C11H16O2. The molecule has 0 aromatic rings. The summed E-state index contributed by atoms with van der Waals surface area (Å²) in [5.41, 5.74) is 0.783. The highest BCUT2D eigenvalue weighted by Gasteiger charge is 2.38. The lowest BCUT2D eigenvalue weighted by molar-refractivity contribution is -0.120. The van der Waals surface area contributed by atoms with Crippen LogP contribution in [0.1, 0.15) is 33.6 Å². The second-order valence-electron chi connectivity index (χ2n) is 4.31. The first-order valence-corrected chi connectivity index (χ1v) is 4.66. The van der Waals surface area contributed by atoms with Crippen LogP contribution in [-0.4, -0.2) is 12.1 Å². The minimum absolute atomic E-state index is 0.0118. The summed E-state index contributed by atoms with van der Waals surface area (Å²) in [6.07, 6.45) is 4.08. The lowest BCUT2D eigenvalue weighted by Gasteiger charge is -2.23. The first-order valence-electron chi connectivity index (χ1n) is 4.66. The van der Waals surface area contributed by atoms with Gasteiger partial charge in [0.15, 0.2) is 5.78 Å². The van der Waals surface area contributed by atoms with Gasteiger partial charge in [-0.1, -0.05) is 19.9 Å². The first kappa shape index (κ1) is 10.2. The Morgan fingerprint density at radius 1 is 1.54 bits per heavy atom. The van der Waals surface area contributed by atoms with E-state index in [9.17, 15) is 9.59 Å². The van der Waals surface area contributed by atoms with E-state index in [0.717, 1.165) is 11.9 Å². The Balaban J connectivity index is 2.75. The van der Waals surface area contributed by atoms with Gasteiger partial charge in [0.25, 0.3) is 0 Å². The van der Waals surface area contributed by atoms with E-state index in [4.69, 9.17) is 0 Å². The maximum absolute atomic E-state index is 11.6. The van der Waals surface area contributed by atoms with E-state index in [0.29, 0.717) is 12.8 Å². The van der Waals surface area contributed by atoms with Gasteiger partial charge in [0.2, 0.25) is 0 Å². The second-order valence-corrected chi connectivity index (χ2v) is 4.31. The van der Waals surface area contributed by atoms with Gasteiger partial charge in [-0.15, -0.1) is 0 Å². The number of Topliss-reactive ketones (excluding diaryl/α,β-unsaturated/α-hetero) is 1. The summed E-state index contributed by atoms with van der Waals surface area (Å²) in [7, 11) is 0. The highest BCUT2D eigenvalue weighted by molar-refractivity contribution is 6.00. The molecule has 0 heterocycles. The van der Waals surface area contributed by atoms with Crippen LogP contribution in [0.5, 0.6) is 0 Å². The molecule has 0 amide bonds. The third kappa shape index (κ3) is 1.87. The van der Waals surface area contributed by atoms with Crippen LogP contribution in [0, 0.1) is 11.3 Å². The zero-order chi connectivity index (χ0) is 10.1. The van der Waals surface area contributed by atoms with Gasteiger partial charge >= 0.3 is 0 Å². The summed E-state index contributed by atoms with van der Waals surface area (Å²) in [6, 6.07) is 0. The maximum atomic E-state index is 11.6. The summed E-state index contributed by atoms with van der Waals surface area (Å²) >= 11 is 0. The van der Waals surface area contributed by atoms with Crippen molar-refractivity contribution in [1.29, 1.82) is 0 Å². The minimum Gasteiger partial charge on any atom is -0.303 e. The Morgan fingerprint density at radius 2 is 2.15 bits per heavy atom. The molecule has 0 aliphatic heterocycles. The van der Waals surface area contributed by atoms with Gasteiger partial charge in [0.1, 0.15) is 6.29 Å². The molecule has 0 N–H and O–H groups in total. The Kier molecular flexibility index (Phi) is 2.69. The van der Waals surface area contributed by atoms with Crippen LogP contribution in [0.25, 0.3) is 0 Å². The lowest BCUT2D eigenvalue weighted by atomic mass is 9.79. The molecule has 2 nitrogen and oxygen atoms in total. The fourth-order valence-corrected chi connectivity index (χ4v) is 2.08. The topological polar surface area (TPSA) is 34.1 Å². The molecule has 0 radical (unpaired) electrons. The summed E-state index contributed by atoms with van der Waals surface area (Å²) < 4.78 is 0. The normalized spacial score (nSPS) is 25.9. The van der Waals surface area contributed by atoms with Gasteiger partial charge in [-0.2, -0.15) is 0 Å². The van der Waals surface area contributed by atoms with Gasteiger partial charge < -0.3 is 4.79 Å². The van der Waals surface area contributed by atoms with Crippen molar-refractivity contribution < 1.29 is 9.59 Å². The molecule has 0 aromatic carbocycles. The Bertz CT molecular complexity index is 261. The molecule has 72 valence electrons. The molecule has 0 spiro atoms. The van der Waals surface area contributed by atoms with Crippen molar-refractivity contribution in [1.82, 2.24) is 0 Å². The fourth-order valence-electron chi connectivity index (χ4n) is 2.08. The predicted octanol–water partition coefficient (Wildman–Crippen LogP) is 2.14. The van der Waals surface area contributed by atoms with E-state index < -0.39 is 0 Å². The molecule has 1 aliphatic rings.